The van der Waals surface area contributed by atoms with Crippen LogP contribution in [0.25, 0.3) is 5.69 Å². The molecule has 2 heterocycles. The number of benzene rings is 1. The second kappa shape index (κ2) is 5.51. The molecule has 0 unspecified atom stereocenters. The number of carbonyl (C=O) groups is 2. The highest BCUT2D eigenvalue weighted by Crippen LogP contribution is 2.32. The lowest BCUT2D eigenvalue weighted by Gasteiger charge is -2.15. The molecule has 1 aromatic heterocycles. The number of hydrogen-bond donors (Lipinski definition) is 2. The third-order valence-corrected chi connectivity index (χ3v) is 4.05. The van der Waals surface area contributed by atoms with Crippen LogP contribution in [-0.2, 0) is 0 Å². The zero-order valence-electron chi connectivity index (χ0n) is 11.4. The monoisotopic (exact) mass is 337 g/mol. The molecular formula is C14H9F2N3O3S. The van der Waals surface area contributed by atoms with E-state index in [-0.39, 0.29) is 39.3 Å². The van der Waals surface area contributed by atoms with Crippen molar-refractivity contribution >= 4 is 29.4 Å². The van der Waals surface area contributed by atoms with Gasteiger partial charge in [-0.25, -0.2) is 0 Å². The zero-order chi connectivity index (χ0) is 16.7. The molecule has 0 atom stereocenters. The summed E-state index contributed by atoms with van der Waals surface area (Å²) in [6, 6.07) is 6.91. The average molecular weight is 337 g/mol. The maximum absolute atomic E-state index is 12.7. The van der Waals surface area contributed by atoms with Crippen molar-refractivity contribution in [3.8, 4) is 5.69 Å². The number of pyridine rings is 1. The molecule has 0 saturated carbocycles. The van der Waals surface area contributed by atoms with Gasteiger partial charge in [0.15, 0.2) is 0 Å². The second-order valence-corrected chi connectivity index (χ2v) is 5.65. The van der Waals surface area contributed by atoms with Gasteiger partial charge in [-0.3, -0.25) is 24.3 Å². The number of thioether (sulfide) groups is 1. The van der Waals surface area contributed by atoms with Gasteiger partial charge in [0.25, 0.3) is 23.1 Å². The van der Waals surface area contributed by atoms with Crippen molar-refractivity contribution in [1.29, 1.82) is 0 Å². The minimum absolute atomic E-state index is 0.118. The summed E-state index contributed by atoms with van der Waals surface area (Å²) in [6.07, 6.45) is 0. The van der Waals surface area contributed by atoms with Gasteiger partial charge in [-0.2, -0.15) is 8.78 Å². The fraction of sp³-hybridized carbons (Fsp3) is 0.0714. The molecule has 0 fully saturated rings. The Morgan fingerprint density at radius 2 is 1.83 bits per heavy atom. The van der Waals surface area contributed by atoms with Gasteiger partial charge in [0.05, 0.1) is 16.8 Å². The molecular weight excluding hydrogens is 328 g/mol. The summed E-state index contributed by atoms with van der Waals surface area (Å²) < 4.78 is 26.3. The van der Waals surface area contributed by atoms with Crippen molar-refractivity contribution in [2.75, 3.05) is 5.73 Å². The predicted molar refractivity (Wildman–Crippen MR) is 80.1 cm³/mol. The molecule has 118 valence electrons. The molecule has 23 heavy (non-hydrogen) atoms. The van der Waals surface area contributed by atoms with Crippen molar-refractivity contribution in [2.45, 2.75) is 10.7 Å². The summed E-state index contributed by atoms with van der Waals surface area (Å²) in [5.41, 5.74) is 5.06. The Kier molecular flexibility index (Phi) is 3.64. The molecule has 2 amide bonds. The van der Waals surface area contributed by atoms with E-state index in [1.54, 1.807) is 12.1 Å². The van der Waals surface area contributed by atoms with E-state index >= 15 is 0 Å². The van der Waals surface area contributed by atoms with Gasteiger partial charge < -0.3 is 5.73 Å². The fourth-order valence-electron chi connectivity index (χ4n) is 2.37. The second-order valence-electron chi connectivity index (χ2n) is 4.62. The number of carbonyl (C=O) groups excluding carboxylic acids is 2. The minimum atomic E-state index is -2.69. The first-order valence-electron chi connectivity index (χ1n) is 6.35. The molecule has 2 aromatic rings. The van der Waals surface area contributed by atoms with Gasteiger partial charge >= 0.3 is 0 Å². The van der Waals surface area contributed by atoms with E-state index in [1.807, 2.05) is 5.32 Å². The Bertz CT molecular complexity index is 895. The Hall–Kier alpha value is -2.68. The number of nitrogens with zero attached hydrogens (tertiary/aromatic N) is 1. The highest BCUT2D eigenvalue weighted by atomic mass is 32.2. The first-order chi connectivity index (χ1) is 10.9. The quantitative estimate of drug-likeness (QED) is 0.656. The highest BCUT2D eigenvalue weighted by Gasteiger charge is 2.32. The number of nitrogens with two attached hydrogens (primary N) is 1. The normalized spacial score (nSPS) is 13.3. The van der Waals surface area contributed by atoms with Crippen molar-refractivity contribution in [1.82, 2.24) is 9.88 Å². The van der Waals surface area contributed by atoms with Crippen LogP contribution >= 0.6 is 11.8 Å². The first kappa shape index (κ1) is 15.2. The topological polar surface area (TPSA) is 94.2 Å². The SMILES string of the molecule is Nc1c2c(cc(=O)n1-c1ccccc1SC(F)F)C(=O)NC2=O. The number of nitrogens with one attached hydrogen (secondary N) is 1. The third-order valence-electron chi connectivity index (χ3n) is 3.28. The molecule has 9 heteroatoms. The van der Waals surface area contributed by atoms with Crippen LogP contribution in [0, 0.1) is 0 Å². The van der Waals surface area contributed by atoms with Crippen molar-refractivity contribution in [3.05, 3.63) is 51.8 Å². The number of alkyl halides is 2. The molecule has 0 aliphatic carbocycles. The van der Waals surface area contributed by atoms with Crippen LogP contribution in [0.4, 0.5) is 14.6 Å². The molecule has 6 nitrogen and oxygen atoms in total. The molecule has 1 aliphatic heterocycles. The van der Waals surface area contributed by atoms with Crippen LogP contribution in [0.5, 0.6) is 0 Å². The Morgan fingerprint density at radius 3 is 2.52 bits per heavy atom. The van der Waals surface area contributed by atoms with Gasteiger partial charge in [-0.1, -0.05) is 23.9 Å². The Morgan fingerprint density at radius 1 is 1.13 bits per heavy atom. The largest absolute Gasteiger partial charge is 0.384 e. The third kappa shape index (κ3) is 2.48. The number of halogens is 2. The lowest BCUT2D eigenvalue weighted by molar-refractivity contribution is 0.0880. The van der Waals surface area contributed by atoms with Crippen molar-refractivity contribution in [2.24, 2.45) is 0 Å². The van der Waals surface area contributed by atoms with E-state index in [9.17, 15) is 23.2 Å². The maximum atomic E-state index is 12.7. The van der Waals surface area contributed by atoms with Crippen LogP contribution in [0.2, 0.25) is 0 Å². The van der Waals surface area contributed by atoms with E-state index in [4.69, 9.17) is 5.73 Å². The van der Waals surface area contributed by atoms with Crippen LogP contribution in [0.3, 0.4) is 0 Å². The number of nitrogen functional groups attached to an aromatic ring is 1. The average Bonchev–Trinajstić information content (AvgIpc) is 2.75. The number of para-hydroxylation sites is 1. The molecule has 1 aliphatic rings. The fourth-order valence-corrected chi connectivity index (χ4v) is 2.99. The number of fused-ring (bicyclic) bond motifs is 1. The summed E-state index contributed by atoms with van der Waals surface area (Å²) in [7, 11) is 0. The van der Waals surface area contributed by atoms with Crippen molar-refractivity contribution < 1.29 is 18.4 Å². The number of anilines is 1. The predicted octanol–water partition coefficient (Wildman–Crippen LogP) is 1.62. The summed E-state index contributed by atoms with van der Waals surface area (Å²) >= 11 is 0.256. The molecule has 3 N–H and O–H groups in total. The summed E-state index contributed by atoms with van der Waals surface area (Å²) in [5.74, 6) is -4.39. The van der Waals surface area contributed by atoms with Gasteiger partial charge in [0.1, 0.15) is 5.82 Å². The number of imide groups is 1. The molecule has 1 aromatic carbocycles. The van der Waals surface area contributed by atoms with Crippen LogP contribution in [0.1, 0.15) is 20.7 Å². The molecule has 0 bridgehead atoms. The number of amides is 2. The molecule has 0 radical (unpaired) electrons. The summed E-state index contributed by atoms with van der Waals surface area (Å²) in [4.78, 5) is 35.8. The summed E-state index contributed by atoms with van der Waals surface area (Å²) in [5, 5.41) is 2.04. The maximum Gasteiger partial charge on any atom is 0.288 e. The number of rotatable bonds is 3. The minimum Gasteiger partial charge on any atom is -0.384 e. The molecule has 0 spiro atoms. The zero-order valence-corrected chi connectivity index (χ0v) is 12.2. The van der Waals surface area contributed by atoms with Gasteiger partial charge in [0.2, 0.25) is 0 Å². The first-order valence-corrected chi connectivity index (χ1v) is 7.23. The summed E-state index contributed by atoms with van der Waals surface area (Å²) in [6.45, 7) is 0. The molecule has 3 rings (SSSR count). The lowest BCUT2D eigenvalue weighted by atomic mass is 10.1. The van der Waals surface area contributed by atoms with Gasteiger partial charge in [-0.05, 0) is 12.1 Å². The van der Waals surface area contributed by atoms with Crippen molar-refractivity contribution in [3.63, 3.8) is 0 Å². The number of aromatic nitrogens is 1. The van der Waals surface area contributed by atoms with Crippen LogP contribution in [0.15, 0.2) is 40.0 Å². The van der Waals surface area contributed by atoms with E-state index in [0.29, 0.717) is 0 Å². The highest BCUT2D eigenvalue weighted by molar-refractivity contribution is 7.99. The van der Waals surface area contributed by atoms with Gasteiger partial charge in [0, 0.05) is 11.0 Å². The van der Waals surface area contributed by atoms with E-state index in [0.717, 1.165) is 10.6 Å². The Labute approximate surface area is 132 Å². The van der Waals surface area contributed by atoms with E-state index < -0.39 is 23.1 Å². The lowest BCUT2D eigenvalue weighted by Crippen LogP contribution is -2.24. The van der Waals surface area contributed by atoms with E-state index in [1.165, 1.54) is 12.1 Å². The van der Waals surface area contributed by atoms with Crippen LogP contribution in [-0.4, -0.2) is 22.1 Å². The number of hydrogen-bond acceptors (Lipinski definition) is 5. The Balaban J connectivity index is 2.28. The van der Waals surface area contributed by atoms with E-state index in [2.05, 4.69) is 0 Å². The van der Waals surface area contributed by atoms with Gasteiger partial charge in [-0.15, -0.1) is 0 Å². The van der Waals surface area contributed by atoms with Crippen LogP contribution < -0.4 is 16.6 Å². The standard InChI is InChI=1S/C14H9F2N3O3S/c15-14(16)23-8-4-2-1-3-7(8)19-9(20)5-6-10(11(19)17)13(22)18-12(6)21/h1-5,14H,17H2,(H,18,21,22). The smallest absolute Gasteiger partial charge is 0.288 e. The molecule has 0 saturated heterocycles.